The van der Waals surface area contributed by atoms with Gasteiger partial charge in [0.2, 0.25) is 17.7 Å². The molecule has 3 heterocycles. The lowest BCUT2D eigenvalue weighted by atomic mass is 9.70. The van der Waals surface area contributed by atoms with Gasteiger partial charge in [0.15, 0.2) is 0 Å². The highest BCUT2D eigenvalue weighted by molar-refractivity contribution is 8.02. The predicted molar refractivity (Wildman–Crippen MR) is 109 cm³/mol. The maximum Gasteiger partial charge on any atom is 0.244 e. The summed E-state index contributed by atoms with van der Waals surface area (Å²) in [5.74, 6) is -0.951. The number of carbonyl (C=O) groups excluding carboxylic acids is 3. The number of aliphatic hydroxyl groups is 1. The van der Waals surface area contributed by atoms with Crippen molar-refractivity contribution in [1.29, 1.82) is 0 Å². The van der Waals surface area contributed by atoms with E-state index in [2.05, 4.69) is 10.6 Å². The fourth-order valence-corrected chi connectivity index (χ4v) is 7.49. The van der Waals surface area contributed by atoms with E-state index >= 15 is 0 Å². The second-order valence-corrected chi connectivity index (χ2v) is 10.1. The first-order valence-corrected chi connectivity index (χ1v) is 11.4. The first-order chi connectivity index (χ1) is 13.4. The summed E-state index contributed by atoms with van der Waals surface area (Å²) < 4.78 is -0.483. The third kappa shape index (κ3) is 3.54. The van der Waals surface area contributed by atoms with Gasteiger partial charge in [-0.15, -0.1) is 11.8 Å². The van der Waals surface area contributed by atoms with Crippen LogP contribution in [0.3, 0.4) is 0 Å². The van der Waals surface area contributed by atoms with Crippen LogP contribution in [-0.4, -0.2) is 70.0 Å². The van der Waals surface area contributed by atoms with Crippen LogP contribution in [0.1, 0.15) is 52.4 Å². The van der Waals surface area contributed by atoms with Gasteiger partial charge in [-0.2, -0.15) is 0 Å². The fourth-order valence-electron chi connectivity index (χ4n) is 5.27. The van der Waals surface area contributed by atoms with Crippen LogP contribution in [0, 0.1) is 11.8 Å². The summed E-state index contributed by atoms with van der Waals surface area (Å²) in [5, 5.41) is 14.8. The molecule has 0 aromatic heterocycles. The first kappa shape index (κ1) is 21.4. The highest BCUT2D eigenvalue weighted by atomic mass is 32.2. The van der Waals surface area contributed by atoms with Crippen molar-refractivity contribution in [1.82, 2.24) is 15.5 Å². The highest BCUT2D eigenvalue weighted by Gasteiger charge is 2.73. The average molecular weight is 412 g/mol. The van der Waals surface area contributed by atoms with Gasteiger partial charge in [-0.05, 0) is 39.5 Å². The molecule has 3 aliphatic heterocycles. The maximum absolute atomic E-state index is 13.4. The molecule has 2 bridgehead atoms. The lowest BCUT2D eigenvalue weighted by molar-refractivity contribution is -0.140. The monoisotopic (exact) mass is 411 g/mol. The Morgan fingerprint density at radius 1 is 1.25 bits per heavy atom. The number of likely N-dealkylation sites (tertiary alicyclic amines) is 1. The van der Waals surface area contributed by atoms with E-state index in [0.29, 0.717) is 6.54 Å². The molecule has 28 heavy (non-hydrogen) atoms. The second-order valence-electron chi connectivity index (χ2n) is 8.50. The number of rotatable bonds is 9. The van der Waals surface area contributed by atoms with Crippen LogP contribution >= 0.6 is 11.8 Å². The van der Waals surface area contributed by atoms with Gasteiger partial charge in [-0.25, -0.2) is 0 Å². The summed E-state index contributed by atoms with van der Waals surface area (Å²) in [5.41, 5.74) is 0. The van der Waals surface area contributed by atoms with E-state index in [1.165, 1.54) is 0 Å². The van der Waals surface area contributed by atoms with Crippen molar-refractivity contribution >= 4 is 29.5 Å². The van der Waals surface area contributed by atoms with Crippen LogP contribution in [0.2, 0.25) is 0 Å². The zero-order valence-electron chi connectivity index (χ0n) is 17.1. The van der Waals surface area contributed by atoms with Crippen LogP contribution in [0.5, 0.6) is 0 Å². The predicted octanol–water partition coefficient (Wildman–Crippen LogP) is 0.901. The van der Waals surface area contributed by atoms with Crippen molar-refractivity contribution in [3.63, 3.8) is 0 Å². The van der Waals surface area contributed by atoms with Gasteiger partial charge in [-0.3, -0.25) is 14.4 Å². The maximum atomic E-state index is 13.4. The van der Waals surface area contributed by atoms with Gasteiger partial charge in [0.1, 0.15) is 6.04 Å². The lowest BCUT2D eigenvalue weighted by Gasteiger charge is -2.34. The van der Waals surface area contributed by atoms with E-state index in [4.69, 9.17) is 5.11 Å². The SMILES string of the molecule is CNC(=O)[C@@H]1[C@@H]2CCC3(S2)C(C(=O)NC(C)C)N(CCCCCCO)C(=O)[C@H]13. The Morgan fingerprint density at radius 2 is 1.96 bits per heavy atom. The molecule has 2 unspecified atom stereocenters. The molecule has 3 N–H and O–H groups in total. The fraction of sp³-hybridized carbons (Fsp3) is 0.850. The van der Waals surface area contributed by atoms with E-state index in [9.17, 15) is 14.4 Å². The van der Waals surface area contributed by atoms with Gasteiger partial charge < -0.3 is 20.6 Å². The Labute approximate surface area is 171 Å². The molecule has 3 amide bonds. The van der Waals surface area contributed by atoms with Crippen molar-refractivity contribution in [2.24, 2.45) is 11.8 Å². The van der Waals surface area contributed by atoms with Crippen LogP contribution in [0.25, 0.3) is 0 Å². The Kier molecular flexibility index (Phi) is 6.59. The molecule has 3 saturated heterocycles. The number of fused-ring (bicyclic) bond motifs is 1. The molecule has 0 aromatic carbocycles. The molecule has 0 radical (unpaired) electrons. The summed E-state index contributed by atoms with van der Waals surface area (Å²) in [4.78, 5) is 40.9. The number of nitrogens with zero attached hydrogens (tertiary/aromatic N) is 1. The Bertz CT molecular complexity index is 629. The van der Waals surface area contributed by atoms with Gasteiger partial charge >= 0.3 is 0 Å². The normalized spacial score (nSPS) is 33.5. The second kappa shape index (κ2) is 8.61. The smallest absolute Gasteiger partial charge is 0.244 e. The third-order valence-electron chi connectivity index (χ3n) is 6.34. The summed E-state index contributed by atoms with van der Waals surface area (Å²) in [6, 6.07) is -0.502. The van der Waals surface area contributed by atoms with E-state index < -0.39 is 16.7 Å². The molecule has 8 heteroatoms. The average Bonchev–Trinajstić information content (AvgIpc) is 3.28. The van der Waals surface area contributed by atoms with Crippen molar-refractivity contribution in [2.45, 2.75) is 74.5 Å². The van der Waals surface area contributed by atoms with Crippen LogP contribution in [-0.2, 0) is 14.4 Å². The summed E-state index contributed by atoms with van der Waals surface area (Å²) in [6.07, 6.45) is 5.07. The quantitative estimate of drug-likeness (QED) is 0.490. The number of thioether (sulfide) groups is 1. The molecule has 5 atom stereocenters. The number of carbonyl (C=O) groups is 3. The molecule has 0 saturated carbocycles. The van der Waals surface area contributed by atoms with Crippen molar-refractivity contribution in [2.75, 3.05) is 20.2 Å². The van der Waals surface area contributed by atoms with E-state index in [-0.39, 0.29) is 41.5 Å². The van der Waals surface area contributed by atoms with Gasteiger partial charge in [-0.1, -0.05) is 12.8 Å². The zero-order valence-corrected chi connectivity index (χ0v) is 17.9. The van der Waals surface area contributed by atoms with Gasteiger partial charge in [0.05, 0.1) is 16.6 Å². The lowest BCUT2D eigenvalue weighted by Crippen LogP contribution is -2.54. The number of unbranched alkanes of at least 4 members (excludes halogenated alkanes) is 3. The van der Waals surface area contributed by atoms with E-state index in [1.807, 2.05) is 13.8 Å². The minimum absolute atomic E-state index is 0.00259. The van der Waals surface area contributed by atoms with Crippen LogP contribution in [0.4, 0.5) is 0 Å². The van der Waals surface area contributed by atoms with E-state index in [1.54, 1.807) is 23.7 Å². The summed E-state index contributed by atoms with van der Waals surface area (Å²) >= 11 is 1.70. The van der Waals surface area contributed by atoms with E-state index in [0.717, 1.165) is 38.5 Å². The topological polar surface area (TPSA) is 98.7 Å². The Balaban J connectivity index is 1.85. The molecule has 0 aliphatic carbocycles. The molecule has 1 spiro atoms. The third-order valence-corrected chi connectivity index (χ3v) is 8.29. The summed E-state index contributed by atoms with van der Waals surface area (Å²) in [6.45, 7) is 4.56. The molecule has 0 aromatic rings. The molecule has 3 fully saturated rings. The molecular weight excluding hydrogens is 378 g/mol. The van der Waals surface area contributed by atoms with Crippen LogP contribution in [0.15, 0.2) is 0 Å². The number of nitrogens with one attached hydrogen (secondary N) is 2. The van der Waals surface area contributed by atoms with Crippen molar-refractivity contribution < 1.29 is 19.5 Å². The zero-order chi connectivity index (χ0) is 20.5. The molecular formula is C20H33N3O4S. The van der Waals surface area contributed by atoms with Gasteiger partial charge in [0.25, 0.3) is 0 Å². The summed E-state index contributed by atoms with van der Waals surface area (Å²) in [7, 11) is 1.62. The van der Waals surface area contributed by atoms with Crippen molar-refractivity contribution in [3.05, 3.63) is 0 Å². The molecule has 158 valence electrons. The first-order valence-electron chi connectivity index (χ1n) is 10.5. The van der Waals surface area contributed by atoms with Gasteiger partial charge in [0, 0.05) is 31.5 Å². The Morgan fingerprint density at radius 3 is 2.61 bits per heavy atom. The molecule has 3 aliphatic rings. The van der Waals surface area contributed by atoms with Crippen LogP contribution < -0.4 is 10.6 Å². The molecule has 3 rings (SSSR count). The number of hydrogen-bond donors (Lipinski definition) is 3. The largest absolute Gasteiger partial charge is 0.396 e. The standard InChI is InChI=1S/C20H33N3O4S/c1-12(2)22-18(26)16-20-9-8-13(28-20)14(17(25)21-3)15(20)19(27)23(16)10-6-4-5-7-11-24/h12-16,24H,4-11H2,1-3H3,(H,21,25)(H,22,26)/t13-,14+,15-,16?,20?/m0/s1. The molecule has 7 nitrogen and oxygen atoms in total. The minimum Gasteiger partial charge on any atom is -0.396 e. The number of amides is 3. The number of hydrogen-bond acceptors (Lipinski definition) is 5. The Hall–Kier alpha value is -1.28. The van der Waals surface area contributed by atoms with Crippen molar-refractivity contribution in [3.8, 4) is 0 Å². The highest BCUT2D eigenvalue weighted by Crippen LogP contribution is 2.66. The minimum atomic E-state index is -0.505. The number of aliphatic hydroxyl groups excluding tert-OH is 1.